The minimum atomic E-state index is 0.00659. The van der Waals surface area contributed by atoms with Crippen LogP contribution >= 0.6 is 0 Å². The highest BCUT2D eigenvalue weighted by atomic mass is 16.1. The predicted molar refractivity (Wildman–Crippen MR) is 89.0 cm³/mol. The van der Waals surface area contributed by atoms with Crippen molar-refractivity contribution in [1.82, 2.24) is 19.9 Å². The van der Waals surface area contributed by atoms with E-state index in [4.69, 9.17) is 0 Å². The van der Waals surface area contributed by atoms with Crippen molar-refractivity contribution in [3.63, 3.8) is 0 Å². The Labute approximate surface area is 136 Å². The summed E-state index contributed by atoms with van der Waals surface area (Å²) in [4.78, 5) is 23.1. The molecule has 23 heavy (non-hydrogen) atoms. The van der Waals surface area contributed by atoms with Crippen LogP contribution in [0.4, 0.5) is 5.82 Å². The molecule has 0 bridgehead atoms. The number of amides is 1. The normalized spacial score (nSPS) is 18.0. The first-order chi connectivity index (χ1) is 11.1. The summed E-state index contributed by atoms with van der Waals surface area (Å²) < 4.78 is 2.10. The third kappa shape index (κ3) is 3.52. The van der Waals surface area contributed by atoms with Crippen LogP contribution in [-0.4, -0.2) is 33.5 Å². The van der Waals surface area contributed by atoms with Crippen LogP contribution in [0.3, 0.4) is 0 Å². The molecule has 6 heteroatoms. The second kappa shape index (κ2) is 6.81. The van der Waals surface area contributed by atoms with Crippen molar-refractivity contribution >= 4 is 11.7 Å². The Morgan fingerprint density at radius 2 is 2.26 bits per heavy atom. The fourth-order valence-electron chi connectivity index (χ4n) is 3.02. The van der Waals surface area contributed by atoms with Crippen LogP contribution in [0.15, 0.2) is 30.7 Å². The highest BCUT2D eigenvalue weighted by molar-refractivity contribution is 5.79. The number of aromatic nitrogens is 3. The minimum Gasteiger partial charge on any atom is -0.355 e. The quantitative estimate of drug-likeness (QED) is 0.932. The lowest BCUT2D eigenvalue weighted by Gasteiger charge is -2.32. The highest BCUT2D eigenvalue weighted by Gasteiger charge is 2.26. The second-order valence-corrected chi connectivity index (χ2v) is 6.09. The van der Waals surface area contributed by atoms with E-state index >= 15 is 0 Å². The van der Waals surface area contributed by atoms with E-state index in [1.54, 1.807) is 18.6 Å². The van der Waals surface area contributed by atoms with Crippen LogP contribution in [0.25, 0.3) is 0 Å². The number of carbonyl (C=O) groups is 1. The van der Waals surface area contributed by atoms with Crippen LogP contribution in [0.2, 0.25) is 0 Å². The van der Waals surface area contributed by atoms with Crippen molar-refractivity contribution in [2.24, 2.45) is 13.0 Å². The Balaban J connectivity index is 1.58. The first-order valence-electron chi connectivity index (χ1n) is 8.05. The molecular formula is C17H23N5O. The topological polar surface area (TPSA) is 63.1 Å². The molecular weight excluding hydrogens is 290 g/mol. The Morgan fingerprint density at radius 1 is 1.39 bits per heavy atom. The van der Waals surface area contributed by atoms with Gasteiger partial charge < -0.3 is 14.8 Å². The van der Waals surface area contributed by atoms with Crippen molar-refractivity contribution < 1.29 is 4.79 Å². The largest absolute Gasteiger partial charge is 0.355 e. The van der Waals surface area contributed by atoms with Crippen molar-refractivity contribution in [3.05, 3.63) is 42.1 Å². The minimum absolute atomic E-state index is 0.00659. The second-order valence-electron chi connectivity index (χ2n) is 6.09. The van der Waals surface area contributed by atoms with Crippen LogP contribution in [0, 0.1) is 12.8 Å². The maximum Gasteiger partial charge on any atom is 0.225 e. The van der Waals surface area contributed by atoms with Gasteiger partial charge in [-0.1, -0.05) is 0 Å². The van der Waals surface area contributed by atoms with E-state index in [1.807, 2.05) is 7.05 Å². The lowest BCUT2D eigenvalue weighted by Crippen LogP contribution is -2.43. The van der Waals surface area contributed by atoms with E-state index in [-0.39, 0.29) is 11.8 Å². The first-order valence-corrected chi connectivity index (χ1v) is 8.05. The molecule has 0 aromatic carbocycles. The van der Waals surface area contributed by atoms with Crippen LogP contribution < -0.4 is 10.2 Å². The van der Waals surface area contributed by atoms with Gasteiger partial charge in [0.25, 0.3) is 0 Å². The molecule has 0 radical (unpaired) electrons. The molecule has 3 rings (SSSR count). The number of carbonyl (C=O) groups excluding carboxylic acids is 1. The summed E-state index contributed by atoms with van der Waals surface area (Å²) in [7, 11) is 2.02. The molecule has 1 atom stereocenters. The summed E-state index contributed by atoms with van der Waals surface area (Å²) in [5.41, 5.74) is 2.32. The number of hydrogen-bond donors (Lipinski definition) is 1. The number of hydrogen-bond acceptors (Lipinski definition) is 4. The molecule has 3 heterocycles. The van der Waals surface area contributed by atoms with E-state index in [0.29, 0.717) is 13.1 Å². The van der Waals surface area contributed by atoms with Crippen LogP contribution in [0.5, 0.6) is 0 Å². The van der Waals surface area contributed by atoms with Gasteiger partial charge in [0.1, 0.15) is 5.82 Å². The van der Waals surface area contributed by atoms with Gasteiger partial charge in [-0.25, -0.2) is 4.98 Å². The summed E-state index contributed by atoms with van der Waals surface area (Å²) in [6, 6.07) is 4.13. The summed E-state index contributed by atoms with van der Waals surface area (Å²) in [6.07, 6.45) is 7.04. The number of anilines is 1. The van der Waals surface area contributed by atoms with Gasteiger partial charge in [-0.2, -0.15) is 0 Å². The zero-order valence-corrected chi connectivity index (χ0v) is 13.7. The fraction of sp³-hybridized carbons (Fsp3) is 0.471. The molecule has 0 aliphatic carbocycles. The van der Waals surface area contributed by atoms with E-state index in [0.717, 1.165) is 30.9 Å². The van der Waals surface area contributed by atoms with Crippen molar-refractivity contribution in [3.8, 4) is 0 Å². The predicted octanol–water partition coefficient (Wildman–Crippen LogP) is 1.66. The fourth-order valence-corrected chi connectivity index (χ4v) is 3.02. The Hall–Kier alpha value is -2.37. The van der Waals surface area contributed by atoms with Gasteiger partial charge in [0.05, 0.1) is 18.7 Å². The summed E-state index contributed by atoms with van der Waals surface area (Å²) >= 11 is 0. The van der Waals surface area contributed by atoms with Gasteiger partial charge in [-0.3, -0.25) is 9.78 Å². The van der Waals surface area contributed by atoms with Crippen LogP contribution in [0.1, 0.15) is 24.2 Å². The smallest absolute Gasteiger partial charge is 0.225 e. The van der Waals surface area contributed by atoms with E-state index in [1.165, 1.54) is 5.69 Å². The molecule has 0 saturated carbocycles. The number of aryl methyl sites for hydroxylation is 1. The Kier molecular flexibility index (Phi) is 4.60. The monoisotopic (exact) mass is 313 g/mol. The van der Waals surface area contributed by atoms with E-state index < -0.39 is 0 Å². The van der Waals surface area contributed by atoms with Crippen LogP contribution in [-0.2, 0) is 18.4 Å². The molecule has 1 aliphatic heterocycles. The average Bonchev–Trinajstić information content (AvgIpc) is 2.92. The Morgan fingerprint density at radius 3 is 2.96 bits per heavy atom. The molecule has 2 aromatic heterocycles. The van der Waals surface area contributed by atoms with Crippen molar-refractivity contribution in [1.29, 1.82) is 0 Å². The average molecular weight is 313 g/mol. The van der Waals surface area contributed by atoms with Gasteiger partial charge in [-0.05, 0) is 31.9 Å². The van der Waals surface area contributed by atoms with Gasteiger partial charge in [0.2, 0.25) is 5.91 Å². The summed E-state index contributed by atoms with van der Waals surface area (Å²) in [6.45, 7) is 4.27. The zero-order chi connectivity index (χ0) is 16.2. The molecule has 0 unspecified atom stereocenters. The number of nitrogens with zero attached hydrogens (tertiary/aromatic N) is 4. The lowest BCUT2D eigenvalue weighted by molar-refractivity contribution is -0.125. The first kappa shape index (κ1) is 15.5. The molecule has 2 aromatic rings. The van der Waals surface area contributed by atoms with E-state index in [2.05, 4.69) is 43.8 Å². The molecule has 1 fully saturated rings. The molecule has 1 aliphatic rings. The zero-order valence-electron chi connectivity index (χ0n) is 13.7. The third-order valence-electron chi connectivity index (χ3n) is 4.59. The highest BCUT2D eigenvalue weighted by Crippen LogP contribution is 2.21. The van der Waals surface area contributed by atoms with Gasteiger partial charge in [0, 0.05) is 43.9 Å². The van der Waals surface area contributed by atoms with Gasteiger partial charge in [-0.15, -0.1) is 0 Å². The third-order valence-corrected chi connectivity index (χ3v) is 4.59. The van der Waals surface area contributed by atoms with Crippen molar-refractivity contribution in [2.75, 3.05) is 18.0 Å². The number of piperidine rings is 1. The molecule has 1 N–H and O–H groups in total. The van der Waals surface area contributed by atoms with Crippen molar-refractivity contribution in [2.45, 2.75) is 26.3 Å². The summed E-state index contributed by atoms with van der Waals surface area (Å²) in [5, 5.41) is 3.07. The molecule has 0 spiro atoms. The summed E-state index contributed by atoms with van der Waals surface area (Å²) in [5.74, 6) is 0.979. The van der Waals surface area contributed by atoms with Gasteiger partial charge >= 0.3 is 0 Å². The maximum atomic E-state index is 12.5. The Bertz CT molecular complexity index is 667. The maximum absolute atomic E-state index is 12.5. The SMILES string of the molecule is Cc1ccc(CNC(=O)[C@@H]2CCCN(c3cnccn3)C2)n1C. The molecule has 122 valence electrons. The molecule has 1 saturated heterocycles. The van der Waals surface area contributed by atoms with Gasteiger partial charge in [0.15, 0.2) is 0 Å². The lowest BCUT2D eigenvalue weighted by atomic mass is 9.97. The number of rotatable bonds is 4. The molecule has 1 amide bonds. The molecule has 6 nitrogen and oxygen atoms in total. The standard InChI is InChI=1S/C17H23N5O/c1-13-5-6-15(21(13)2)10-20-17(23)14-4-3-9-22(12-14)16-11-18-7-8-19-16/h5-8,11,14H,3-4,9-10,12H2,1-2H3,(H,20,23)/t14-/m1/s1. The van der Waals surface area contributed by atoms with E-state index in [9.17, 15) is 4.79 Å². The number of nitrogens with one attached hydrogen (secondary N) is 1.